The number of ether oxygens (including phenoxy) is 1. The van der Waals surface area contributed by atoms with Crippen LogP contribution in [0.4, 0.5) is 11.4 Å². The summed E-state index contributed by atoms with van der Waals surface area (Å²) in [6.45, 7) is 2.77. The molecule has 1 aliphatic rings. The highest BCUT2D eigenvalue weighted by molar-refractivity contribution is 5.96. The Hall–Kier alpha value is -3.64. The summed E-state index contributed by atoms with van der Waals surface area (Å²) in [6.07, 6.45) is 0. The van der Waals surface area contributed by atoms with Crippen LogP contribution in [0.3, 0.4) is 0 Å². The molecule has 0 atom stereocenters. The Kier molecular flexibility index (Phi) is 6.52. The predicted octanol–water partition coefficient (Wildman–Crippen LogP) is 4.31. The van der Waals surface area contributed by atoms with Gasteiger partial charge in [-0.15, -0.1) is 0 Å². The fourth-order valence-corrected chi connectivity index (χ4v) is 4.10. The monoisotopic (exact) mass is 429 g/mol. The van der Waals surface area contributed by atoms with Crippen LogP contribution in [0.2, 0.25) is 0 Å². The van der Waals surface area contributed by atoms with Gasteiger partial charge in [-0.2, -0.15) is 0 Å². The van der Waals surface area contributed by atoms with Crippen molar-refractivity contribution in [2.45, 2.75) is 13.0 Å². The molecule has 2 N–H and O–H groups in total. The molecule has 4 rings (SSSR count). The molecule has 6 heteroatoms. The molecule has 1 heterocycles. The van der Waals surface area contributed by atoms with E-state index >= 15 is 0 Å². The molecular formula is C26H27N3O3. The summed E-state index contributed by atoms with van der Waals surface area (Å²) >= 11 is 0. The third-order valence-corrected chi connectivity index (χ3v) is 5.65. The third kappa shape index (κ3) is 4.81. The number of carbonyl (C=O) groups is 2. The number of carbonyl (C=O) groups excluding carboxylic acids is 2. The number of methoxy groups -OCH3 is 1. The minimum Gasteiger partial charge on any atom is -0.495 e. The molecule has 0 spiro atoms. The van der Waals surface area contributed by atoms with Gasteiger partial charge < -0.3 is 15.4 Å². The average Bonchev–Trinajstić information content (AvgIpc) is 2.77. The van der Waals surface area contributed by atoms with Crippen LogP contribution in [-0.2, 0) is 9.59 Å². The summed E-state index contributed by atoms with van der Waals surface area (Å²) in [4.78, 5) is 26.6. The normalized spacial score (nSPS) is 14.0. The van der Waals surface area contributed by atoms with E-state index in [0.29, 0.717) is 30.2 Å². The van der Waals surface area contributed by atoms with E-state index in [-0.39, 0.29) is 23.8 Å². The van der Waals surface area contributed by atoms with Gasteiger partial charge in [0.1, 0.15) is 5.75 Å². The van der Waals surface area contributed by atoms with E-state index in [1.807, 2.05) is 36.4 Å². The molecule has 0 aromatic heterocycles. The molecule has 0 aliphatic carbocycles. The van der Waals surface area contributed by atoms with Crippen LogP contribution in [0.5, 0.6) is 5.75 Å². The van der Waals surface area contributed by atoms with Crippen LogP contribution in [0, 0.1) is 5.92 Å². The van der Waals surface area contributed by atoms with Crippen LogP contribution >= 0.6 is 0 Å². The molecule has 3 aromatic rings. The summed E-state index contributed by atoms with van der Waals surface area (Å²) in [6, 6.07) is 26.0. The average molecular weight is 430 g/mol. The highest BCUT2D eigenvalue weighted by atomic mass is 16.5. The van der Waals surface area contributed by atoms with E-state index in [1.165, 1.54) is 18.1 Å². The topological polar surface area (TPSA) is 70.7 Å². The SMILES string of the molecule is COc1ccc(NC(C)=O)cc1NC(=O)C1CN(C(c2ccccc2)c2ccccc2)C1. The van der Waals surface area contributed by atoms with Gasteiger partial charge in [-0.25, -0.2) is 0 Å². The second kappa shape index (κ2) is 9.66. The van der Waals surface area contributed by atoms with Crippen LogP contribution in [-0.4, -0.2) is 36.9 Å². The van der Waals surface area contributed by atoms with Crippen LogP contribution in [0.25, 0.3) is 0 Å². The molecule has 1 saturated heterocycles. The van der Waals surface area contributed by atoms with E-state index in [0.717, 1.165) is 0 Å². The fourth-order valence-electron chi connectivity index (χ4n) is 4.10. The largest absolute Gasteiger partial charge is 0.495 e. The number of amides is 2. The Bertz CT molecular complexity index is 1040. The minimum atomic E-state index is -0.171. The first-order valence-corrected chi connectivity index (χ1v) is 10.7. The number of nitrogens with zero attached hydrogens (tertiary/aromatic N) is 1. The van der Waals surface area contributed by atoms with E-state index in [9.17, 15) is 9.59 Å². The maximum Gasteiger partial charge on any atom is 0.230 e. The van der Waals surface area contributed by atoms with Gasteiger partial charge in [-0.3, -0.25) is 14.5 Å². The number of hydrogen-bond acceptors (Lipinski definition) is 4. The second-order valence-electron chi connectivity index (χ2n) is 7.96. The zero-order valence-electron chi connectivity index (χ0n) is 18.2. The standard InChI is InChI=1S/C26H27N3O3/c1-18(30)27-22-13-14-24(32-2)23(15-22)28-26(31)21-16-29(17-21)25(19-9-5-3-6-10-19)20-11-7-4-8-12-20/h3-15,21,25H,16-17H2,1-2H3,(H,27,30)(H,28,31). The Morgan fingerprint density at radius 3 is 2.03 bits per heavy atom. The van der Waals surface area contributed by atoms with Gasteiger partial charge in [0, 0.05) is 25.7 Å². The molecule has 6 nitrogen and oxygen atoms in total. The molecule has 3 aromatic carbocycles. The predicted molar refractivity (Wildman–Crippen MR) is 126 cm³/mol. The molecular weight excluding hydrogens is 402 g/mol. The first-order chi connectivity index (χ1) is 15.5. The number of likely N-dealkylation sites (tertiary alicyclic amines) is 1. The first kappa shape index (κ1) is 21.6. The molecule has 0 radical (unpaired) electrons. The zero-order chi connectivity index (χ0) is 22.5. The van der Waals surface area contributed by atoms with Crippen molar-refractivity contribution in [3.8, 4) is 5.75 Å². The summed E-state index contributed by atoms with van der Waals surface area (Å²) in [5.74, 6) is 0.198. The van der Waals surface area contributed by atoms with E-state index in [2.05, 4.69) is 39.8 Å². The number of hydrogen-bond donors (Lipinski definition) is 2. The van der Waals surface area contributed by atoms with E-state index in [4.69, 9.17) is 4.74 Å². The Labute approximate surface area is 188 Å². The fraction of sp³-hybridized carbons (Fsp3) is 0.231. The van der Waals surface area contributed by atoms with Gasteiger partial charge in [0.25, 0.3) is 0 Å². The highest BCUT2D eigenvalue weighted by Crippen LogP contribution is 2.35. The first-order valence-electron chi connectivity index (χ1n) is 10.7. The molecule has 0 saturated carbocycles. The van der Waals surface area contributed by atoms with Crippen LogP contribution < -0.4 is 15.4 Å². The number of benzene rings is 3. The Morgan fingerprint density at radius 2 is 1.50 bits per heavy atom. The Morgan fingerprint density at radius 1 is 0.906 bits per heavy atom. The highest BCUT2D eigenvalue weighted by Gasteiger charge is 2.38. The van der Waals surface area contributed by atoms with Crippen molar-refractivity contribution in [1.29, 1.82) is 0 Å². The van der Waals surface area contributed by atoms with Crippen molar-refractivity contribution in [2.75, 3.05) is 30.8 Å². The number of anilines is 2. The summed E-state index contributed by atoms with van der Waals surface area (Å²) in [5.41, 5.74) is 3.58. The molecule has 0 bridgehead atoms. The molecule has 164 valence electrons. The lowest BCUT2D eigenvalue weighted by molar-refractivity contribution is -0.125. The summed E-state index contributed by atoms with van der Waals surface area (Å²) < 4.78 is 5.37. The lowest BCUT2D eigenvalue weighted by Crippen LogP contribution is -2.53. The molecule has 2 amide bonds. The second-order valence-corrected chi connectivity index (χ2v) is 7.96. The van der Waals surface area contributed by atoms with Gasteiger partial charge in [-0.05, 0) is 29.3 Å². The summed E-state index contributed by atoms with van der Waals surface area (Å²) in [7, 11) is 1.55. The van der Waals surface area contributed by atoms with Crippen LogP contribution in [0.1, 0.15) is 24.1 Å². The van der Waals surface area contributed by atoms with Crippen molar-refractivity contribution in [3.63, 3.8) is 0 Å². The van der Waals surface area contributed by atoms with Gasteiger partial charge in [0.2, 0.25) is 11.8 Å². The molecule has 1 fully saturated rings. The van der Waals surface area contributed by atoms with Crippen molar-refractivity contribution < 1.29 is 14.3 Å². The lowest BCUT2D eigenvalue weighted by Gasteiger charge is -2.44. The molecule has 1 aliphatic heterocycles. The molecule has 32 heavy (non-hydrogen) atoms. The van der Waals surface area contributed by atoms with Crippen molar-refractivity contribution in [1.82, 2.24) is 4.90 Å². The molecule has 0 unspecified atom stereocenters. The number of rotatable bonds is 7. The van der Waals surface area contributed by atoms with E-state index in [1.54, 1.807) is 25.3 Å². The smallest absolute Gasteiger partial charge is 0.230 e. The van der Waals surface area contributed by atoms with Gasteiger partial charge in [-0.1, -0.05) is 60.7 Å². The van der Waals surface area contributed by atoms with E-state index < -0.39 is 0 Å². The van der Waals surface area contributed by atoms with Gasteiger partial charge in [0.05, 0.1) is 24.8 Å². The minimum absolute atomic E-state index is 0.0561. The number of nitrogens with one attached hydrogen (secondary N) is 2. The maximum atomic E-state index is 13.0. The Balaban J connectivity index is 1.46. The quantitative estimate of drug-likeness (QED) is 0.587. The lowest BCUT2D eigenvalue weighted by atomic mass is 9.90. The third-order valence-electron chi connectivity index (χ3n) is 5.65. The summed E-state index contributed by atoms with van der Waals surface area (Å²) in [5, 5.41) is 5.71. The van der Waals surface area contributed by atoms with Crippen molar-refractivity contribution in [2.24, 2.45) is 5.92 Å². The zero-order valence-corrected chi connectivity index (χ0v) is 18.2. The van der Waals surface area contributed by atoms with Gasteiger partial charge in [0.15, 0.2) is 0 Å². The van der Waals surface area contributed by atoms with Crippen LogP contribution in [0.15, 0.2) is 78.9 Å². The van der Waals surface area contributed by atoms with Crippen molar-refractivity contribution >= 4 is 23.2 Å². The maximum absolute atomic E-state index is 13.0. The van der Waals surface area contributed by atoms with Crippen molar-refractivity contribution in [3.05, 3.63) is 90.0 Å². The van der Waals surface area contributed by atoms with Gasteiger partial charge >= 0.3 is 0 Å².